The lowest BCUT2D eigenvalue weighted by Gasteiger charge is -2.14. The van der Waals surface area contributed by atoms with Crippen LogP contribution in [0.4, 0.5) is 23.7 Å². The lowest BCUT2D eigenvalue weighted by atomic mass is 10.1. The largest absolute Gasteiger partial charge is 0.418 e. The van der Waals surface area contributed by atoms with Crippen LogP contribution in [0.1, 0.15) is 11.1 Å². The third kappa shape index (κ3) is 4.81. The number of carbonyl (C=O) groups is 1. The van der Waals surface area contributed by atoms with Crippen molar-refractivity contribution in [3.8, 4) is 11.3 Å². The van der Waals surface area contributed by atoms with Crippen molar-refractivity contribution in [2.75, 3.05) is 5.32 Å². The van der Waals surface area contributed by atoms with E-state index in [0.29, 0.717) is 5.69 Å². The summed E-state index contributed by atoms with van der Waals surface area (Å²) in [6.45, 7) is 0.135. The van der Waals surface area contributed by atoms with Gasteiger partial charge in [-0.3, -0.25) is 9.97 Å². The van der Waals surface area contributed by atoms with E-state index in [2.05, 4.69) is 20.6 Å². The Hall–Kier alpha value is -3.42. The molecule has 0 bridgehead atoms. The average Bonchev–Trinajstić information content (AvgIpc) is 2.67. The van der Waals surface area contributed by atoms with Gasteiger partial charge in [0.1, 0.15) is 0 Å². The molecule has 0 saturated carbocycles. The Kier molecular flexibility index (Phi) is 5.35. The van der Waals surface area contributed by atoms with E-state index in [1.807, 2.05) is 6.07 Å². The zero-order valence-electron chi connectivity index (χ0n) is 14.0. The topological polar surface area (TPSA) is 66.9 Å². The number of aromatic nitrogens is 2. The molecule has 0 aliphatic heterocycles. The number of alkyl halides is 3. The normalized spacial score (nSPS) is 11.1. The Morgan fingerprint density at radius 1 is 1.04 bits per heavy atom. The van der Waals surface area contributed by atoms with Crippen LogP contribution >= 0.6 is 0 Å². The maximum absolute atomic E-state index is 13.0. The maximum atomic E-state index is 13.0. The molecule has 0 saturated heterocycles. The quantitative estimate of drug-likeness (QED) is 0.709. The number of hydrogen-bond donors (Lipinski definition) is 2. The number of rotatable bonds is 4. The molecule has 5 nitrogen and oxygen atoms in total. The van der Waals surface area contributed by atoms with E-state index in [1.165, 1.54) is 18.2 Å². The van der Waals surface area contributed by atoms with Crippen LogP contribution in [0.2, 0.25) is 0 Å². The summed E-state index contributed by atoms with van der Waals surface area (Å²) >= 11 is 0. The van der Waals surface area contributed by atoms with Crippen molar-refractivity contribution < 1.29 is 18.0 Å². The van der Waals surface area contributed by atoms with Gasteiger partial charge in [-0.2, -0.15) is 13.2 Å². The number of benzene rings is 1. The summed E-state index contributed by atoms with van der Waals surface area (Å²) < 4.78 is 38.9. The van der Waals surface area contributed by atoms with Crippen molar-refractivity contribution in [3.63, 3.8) is 0 Å². The second kappa shape index (κ2) is 7.86. The highest BCUT2D eigenvalue weighted by atomic mass is 19.4. The van der Waals surface area contributed by atoms with Crippen molar-refractivity contribution in [1.82, 2.24) is 15.3 Å². The Morgan fingerprint density at radius 3 is 2.59 bits per heavy atom. The zero-order chi connectivity index (χ0) is 19.3. The minimum atomic E-state index is -4.55. The van der Waals surface area contributed by atoms with E-state index in [0.717, 1.165) is 17.2 Å². The van der Waals surface area contributed by atoms with E-state index >= 15 is 0 Å². The molecule has 0 radical (unpaired) electrons. The van der Waals surface area contributed by atoms with Crippen LogP contribution in [-0.4, -0.2) is 16.0 Å². The fourth-order valence-electron chi connectivity index (χ4n) is 2.44. The summed E-state index contributed by atoms with van der Waals surface area (Å²) in [4.78, 5) is 20.3. The van der Waals surface area contributed by atoms with Gasteiger partial charge in [-0.25, -0.2) is 4.79 Å². The minimum Gasteiger partial charge on any atom is -0.334 e. The molecule has 0 unspecified atom stereocenters. The predicted octanol–water partition coefficient (Wildman–Crippen LogP) is 4.48. The molecule has 27 heavy (non-hydrogen) atoms. The van der Waals surface area contributed by atoms with Crippen LogP contribution in [-0.2, 0) is 12.7 Å². The van der Waals surface area contributed by atoms with E-state index in [1.54, 1.807) is 36.8 Å². The first-order chi connectivity index (χ1) is 12.9. The number of hydrogen-bond acceptors (Lipinski definition) is 3. The lowest BCUT2D eigenvalue weighted by molar-refractivity contribution is -0.136. The number of anilines is 1. The highest BCUT2D eigenvalue weighted by molar-refractivity contribution is 5.90. The molecule has 1 aromatic carbocycles. The third-order valence-electron chi connectivity index (χ3n) is 3.72. The summed E-state index contributed by atoms with van der Waals surface area (Å²) in [6, 6.07) is 11.2. The minimum absolute atomic E-state index is 0.135. The zero-order valence-corrected chi connectivity index (χ0v) is 14.0. The molecule has 0 atom stereocenters. The first-order valence-electron chi connectivity index (χ1n) is 8.00. The summed E-state index contributed by atoms with van der Waals surface area (Å²) in [5, 5.41) is 4.78. The molecule has 0 fully saturated rings. The van der Waals surface area contributed by atoms with Gasteiger partial charge >= 0.3 is 12.2 Å². The average molecular weight is 372 g/mol. The fourth-order valence-corrected chi connectivity index (χ4v) is 2.44. The van der Waals surface area contributed by atoms with Crippen LogP contribution < -0.4 is 10.6 Å². The third-order valence-corrected chi connectivity index (χ3v) is 3.72. The number of nitrogens with one attached hydrogen (secondary N) is 2. The number of urea groups is 1. The second-order valence-corrected chi connectivity index (χ2v) is 5.64. The van der Waals surface area contributed by atoms with Gasteiger partial charge in [-0.15, -0.1) is 0 Å². The molecule has 2 amide bonds. The molecule has 8 heteroatoms. The standard InChI is InChI=1S/C19H15F3N4O/c20-19(21,22)15-5-1-2-6-16(15)26-18(27)25-11-13-7-9-24-17(10-13)14-4-3-8-23-12-14/h1-10,12H,11H2,(H2,25,26,27). The molecule has 0 spiro atoms. The van der Waals surface area contributed by atoms with E-state index in [4.69, 9.17) is 0 Å². The monoisotopic (exact) mass is 372 g/mol. The summed E-state index contributed by atoms with van der Waals surface area (Å²) in [6.07, 6.45) is 0.363. The van der Waals surface area contributed by atoms with Crippen LogP contribution in [0.3, 0.4) is 0 Å². The lowest BCUT2D eigenvalue weighted by Crippen LogP contribution is -2.29. The van der Waals surface area contributed by atoms with Crippen molar-refractivity contribution in [2.45, 2.75) is 12.7 Å². The van der Waals surface area contributed by atoms with E-state index < -0.39 is 17.8 Å². The van der Waals surface area contributed by atoms with Gasteiger partial charge in [0.05, 0.1) is 16.9 Å². The fraction of sp³-hybridized carbons (Fsp3) is 0.105. The molecule has 2 aromatic heterocycles. The van der Waals surface area contributed by atoms with Crippen LogP contribution in [0.25, 0.3) is 11.3 Å². The molecule has 2 N–H and O–H groups in total. The molecule has 2 heterocycles. The van der Waals surface area contributed by atoms with Gasteiger partial charge in [0.2, 0.25) is 0 Å². The molecule has 0 aliphatic carbocycles. The molecule has 0 aliphatic rings. The van der Waals surface area contributed by atoms with Gasteiger partial charge in [0.15, 0.2) is 0 Å². The van der Waals surface area contributed by atoms with Crippen molar-refractivity contribution in [1.29, 1.82) is 0 Å². The Bertz CT molecular complexity index is 929. The van der Waals surface area contributed by atoms with Gasteiger partial charge in [0, 0.05) is 30.7 Å². The molecule has 3 rings (SSSR count). The second-order valence-electron chi connectivity index (χ2n) is 5.64. The van der Waals surface area contributed by atoms with Gasteiger partial charge in [-0.1, -0.05) is 12.1 Å². The first-order valence-corrected chi connectivity index (χ1v) is 8.00. The summed E-state index contributed by atoms with van der Waals surface area (Å²) in [7, 11) is 0. The molecular formula is C19H15F3N4O. The summed E-state index contributed by atoms with van der Waals surface area (Å²) in [5.74, 6) is 0. The van der Waals surface area contributed by atoms with Crippen LogP contribution in [0.15, 0.2) is 67.1 Å². The van der Waals surface area contributed by atoms with E-state index in [-0.39, 0.29) is 12.2 Å². The summed E-state index contributed by atoms with van der Waals surface area (Å²) in [5.41, 5.74) is 1.06. The maximum Gasteiger partial charge on any atom is 0.418 e. The first kappa shape index (κ1) is 18.4. The molecule has 3 aromatic rings. The van der Waals surface area contributed by atoms with Gasteiger partial charge < -0.3 is 10.6 Å². The van der Waals surface area contributed by atoms with Crippen molar-refractivity contribution >= 4 is 11.7 Å². The number of carbonyl (C=O) groups excluding carboxylic acids is 1. The molecule has 138 valence electrons. The number of halogens is 3. The van der Waals surface area contributed by atoms with Gasteiger partial charge in [-0.05, 0) is 42.0 Å². The number of nitrogens with zero attached hydrogens (tertiary/aromatic N) is 2. The van der Waals surface area contributed by atoms with Crippen molar-refractivity contribution in [3.05, 3.63) is 78.2 Å². The number of para-hydroxylation sites is 1. The highest BCUT2D eigenvalue weighted by Crippen LogP contribution is 2.34. The van der Waals surface area contributed by atoms with Crippen molar-refractivity contribution in [2.24, 2.45) is 0 Å². The molecular weight excluding hydrogens is 357 g/mol. The predicted molar refractivity (Wildman–Crippen MR) is 94.8 cm³/mol. The van der Waals surface area contributed by atoms with Crippen LogP contribution in [0, 0.1) is 0 Å². The SMILES string of the molecule is O=C(NCc1ccnc(-c2cccnc2)c1)Nc1ccccc1C(F)(F)F. The number of pyridine rings is 2. The Labute approximate surface area is 153 Å². The number of amides is 2. The van der Waals surface area contributed by atoms with E-state index in [9.17, 15) is 18.0 Å². The van der Waals surface area contributed by atoms with Crippen LogP contribution in [0.5, 0.6) is 0 Å². The van der Waals surface area contributed by atoms with Gasteiger partial charge in [0.25, 0.3) is 0 Å². The highest BCUT2D eigenvalue weighted by Gasteiger charge is 2.33. The Morgan fingerprint density at radius 2 is 1.85 bits per heavy atom. The Balaban J connectivity index is 1.66. The smallest absolute Gasteiger partial charge is 0.334 e.